The fourth-order valence-corrected chi connectivity index (χ4v) is 2.61. The third-order valence-electron chi connectivity index (χ3n) is 2.55. The number of carbonyl (C=O) groups is 1. The number of aromatic nitrogens is 2. The number of esters is 1. The van der Waals surface area contributed by atoms with Gasteiger partial charge < -0.3 is 4.74 Å². The molecular formula is C10H15N3O4S. The standard InChI is InChI=1S/C10H15N3O4S/c1-5(2)17-10(14)8-9(18(11,15)16)7(12-13-8)6-3-4-6/h5-6H,3-4H2,1-2H3,(H,12,13)(H2,11,15,16). The Balaban J connectivity index is 2.45. The van der Waals surface area contributed by atoms with Crippen molar-refractivity contribution in [3.8, 4) is 0 Å². The van der Waals surface area contributed by atoms with Gasteiger partial charge in [-0.15, -0.1) is 0 Å². The molecule has 0 bridgehead atoms. The number of ether oxygens (including phenoxy) is 1. The molecule has 1 saturated carbocycles. The smallest absolute Gasteiger partial charge is 0.360 e. The Labute approximate surface area is 105 Å². The van der Waals surface area contributed by atoms with Gasteiger partial charge in [-0.05, 0) is 26.7 Å². The van der Waals surface area contributed by atoms with Gasteiger partial charge in [-0.25, -0.2) is 18.4 Å². The lowest BCUT2D eigenvalue weighted by Gasteiger charge is -2.07. The first-order valence-corrected chi connectivity index (χ1v) is 7.17. The predicted octanol–water partition coefficient (Wildman–Crippen LogP) is 0.500. The zero-order valence-electron chi connectivity index (χ0n) is 10.1. The van der Waals surface area contributed by atoms with Gasteiger partial charge >= 0.3 is 5.97 Å². The summed E-state index contributed by atoms with van der Waals surface area (Å²) in [5, 5.41) is 11.5. The molecule has 1 fully saturated rings. The van der Waals surface area contributed by atoms with Gasteiger partial charge in [-0.1, -0.05) is 0 Å². The van der Waals surface area contributed by atoms with E-state index in [4.69, 9.17) is 9.88 Å². The van der Waals surface area contributed by atoms with Crippen molar-refractivity contribution in [1.82, 2.24) is 10.2 Å². The largest absolute Gasteiger partial charge is 0.458 e. The summed E-state index contributed by atoms with van der Waals surface area (Å²) in [5.74, 6) is -0.691. The molecule has 0 spiro atoms. The number of hydrogen-bond acceptors (Lipinski definition) is 5. The summed E-state index contributed by atoms with van der Waals surface area (Å²) in [7, 11) is -4.00. The average molecular weight is 273 g/mol. The number of H-pyrrole nitrogens is 1. The summed E-state index contributed by atoms with van der Waals surface area (Å²) in [4.78, 5) is 11.5. The molecule has 3 N–H and O–H groups in total. The van der Waals surface area contributed by atoms with Crippen LogP contribution in [0.3, 0.4) is 0 Å². The number of carbonyl (C=O) groups excluding carboxylic acids is 1. The molecule has 0 amide bonds. The van der Waals surface area contributed by atoms with Gasteiger partial charge in [0, 0.05) is 5.92 Å². The molecule has 7 nitrogen and oxygen atoms in total. The summed E-state index contributed by atoms with van der Waals surface area (Å²) in [5.41, 5.74) is 0.154. The number of aromatic amines is 1. The van der Waals surface area contributed by atoms with Crippen molar-refractivity contribution in [2.75, 3.05) is 0 Å². The van der Waals surface area contributed by atoms with Crippen LogP contribution in [-0.4, -0.2) is 30.7 Å². The first-order valence-electron chi connectivity index (χ1n) is 5.62. The van der Waals surface area contributed by atoms with Crippen LogP contribution in [0.15, 0.2) is 4.90 Å². The zero-order chi connectivity index (χ0) is 13.5. The molecule has 0 saturated heterocycles. The second kappa shape index (κ2) is 4.36. The molecular weight excluding hydrogens is 258 g/mol. The summed E-state index contributed by atoms with van der Waals surface area (Å²) >= 11 is 0. The van der Waals surface area contributed by atoms with E-state index in [0.29, 0.717) is 5.69 Å². The lowest BCUT2D eigenvalue weighted by molar-refractivity contribution is 0.0366. The van der Waals surface area contributed by atoms with Crippen molar-refractivity contribution in [2.24, 2.45) is 5.14 Å². The molecule has 1 aliphatic rings. The van der Waals surface area contributed by atoms with Crippen LogP contribution in [0.2, 0.25) is 0 Å². The second-order valence-corrected chi connectivity index (χ2v) is 6.09. The summed E-state index contributed by atoms with van der Waals surface area (Å²) in [6.45, 7) is 3.34. The number of nitrogens with zero attached hydrogens (tertiary/aromatic N) is 1. The fraction of sp³-hybridized carbons (Fsp3) is 0.600. The molecule has 0 unspecified atom stereocenters. The van der Waals surface area contributed by atoms with Crippen LogP contribution < -0.4 is 5.14 Å². The molecule has 0 atom stereocenters. The number of hydrogen-bond donors (Lipinski definition) is 2. The van der Waals surface area contributed by atoms with E-state index in [1.54, 1.807) is 13.8 Å². The Morgan fingerprint density at radius 1 is 1.50 bits per heavy atom. The van der Waals surface area contributed by atoms with Crippen LogP contribution in [0.5, 0.6) is 0 Å². The Kier molecular flexibility index (Phi) is 3.16. The van der Waals surface area contributed by atoms with E-state index in [1.165, 1.54) is 0 Å². The molecule has 1 aromatic rings. The van der Waals surface area contributed by atoms with E-state index in [9.17, 15) is 13.2 Å². The quantitative estimate of drug-likeness (QED) is 0.775. The van der Waals surface area contributed by atoms with E-state index in [0.717, 1.165) is 12.8 Å². The van der Waals surface area contributed by atoms with Crippen LogP contribution in [0, 0.1) is 0 Å². The van der Waals surface area contributed by atoms with E-state index in [-0.39, 0.29) is 22.6 Å². The number of nitrogens with one attached hydrogen (secondary N) is 1. The molecule has 2 rings (SSSR count). The highest BCUT2D eigenvalue weighted by atomic mass is 32.2. The summed E-state index contributed by atoms with van der Waals surface area (Å²) in [6.07, 6.45) is 1.37. The van der Waals surface area contributed by atoms with E-state index < -0.39 is 16.0 Å². The topological polar surface area (TPSA) is 115 Å². The number of nitrogens with two attached hydrogens (primary N) is 1. The van der Waals surface area contributed by atoms with Crippen molar-refractivity contribution in [3.05, 3.63) is 11.4 Å². The molecule has 100 valence electrons. The molecule has 18 heavy (non-hydrogen) atoms. The molecule has 0 aliphatic heterocycles. The monoisotopic (exact) mass is 273 g/mol. The summed E-state index contributed by atoms with van der Waals surface area (Å²) < 4.78 is 28.1. The second-order valence-electron chi connectivity index (χ2n) is 4.59. The minimum absolute atomic E-state index is 0.0893. The lowest BCUT2D eigenvalue weighted by Crippen LogP contribution is -2.20. The van der Waals surface area contributed by atoms with Gasteiger partial charge in [0.2, 0.25) is 10.0 Å². The molecule has 0 aromatic carbocycles. The minimum atomic E-state index is -4.00. The van der Waals surface area contributed by atoms with E-state index in [1.807, 2.05) is 0 Å². The fourth-order valence-electron chi connectivity index (χ4n) is 1.69. The van der Waals surface area contributed by atoms with Crippen molar-refractivity contribution in [1.29, 1.82) is 0 Å². The number of sulfonamides is 1. The maximum atomic E-state index is 11.8. The van der Waals surface area contributed by atoms with Gasteiger partial charge in [0.1, 0.15) is 4.90 Å². The van der Waals surface area contributed by atoms with Crippen molar-refractivity contribution >= 4 is 16.0 Å². The zero-order valence-corrected chi connectivity index (χ0v) is 11.0. The minimum Gasteiger partial charge on any atom is -0.458 e. The normalized spacial score (nSPS) is 16.0. The van der Waals surface area contributed by atoms with Crippen LogP contribution in [-0.2, 0) is 14.8 Å². The number of rotatable bonds is 4. The predicted molar refractivity (Wildman–Crippen MR) is 62.5 cm³/mol. The summed E-state index contributed by atoms with van der Waals surface area (Å²) in [6, 6.07) is 0. The highest BCUT2D eigenvalue weighted by Crippen LogP contribution is 2.42. The van der Waals surface area contributed by atoms with Gasteiger partial charge in [0.25, 0.3) is 0 Å². The molecule has 1 aliphatic carbocycles. The van der Waals surface area contributed by atoms with Crippen LogP contribution in [0.25, 0.3) is 0 Å². The molecule has 8 heteroatoms. The third-order valence-corrected chi connectivity index (χ3v) is 3.54. The van der Waals surface area contributed by atoms with E-state index in [2.05, 4.69) is 10.2 Å². The highest BCUT2D eigenvalue weighted by molar-refractivity contribution is 7.89. The lowest BCUT2D eigenvalue weighted by atomic mass is 10.2. The van der Waals surface area contributed by atoms with Gasteiger partial charge in [-0.3, -0.25) is 5.10 Å². The van der Waals surface area contributed by atoms with Gasteiger partial charge in [0.15, 0.2) is 5.69 Å². The highest BCUT2D eigenvalue weighted by Gasteiger charge is 2.36. The van der Waals surface area contributed by atoms with Gasteiger partial charge in [0.05, 0.1) is 11.8 Å². The van der Waals surface area contributed by atoms with Crippen molar-refractivity contribution < 1.29 is 17.9 Å². The molecule has 1 aromatic heterocycles. The molecule has 1 heterocycles. The van der Waals surface area contributed by atoms with Gasteiger partial charge in [-0.2, -0.15) is 5.10 Å². The first-order chi connectivity index (χ1) is 8.30. The van der Waals surface area contributed by atoms with Crippen molar-refractivity contribution in [3.63, 3.8) is 0 Å². The van der Waals surface area contributed by atoms with Crippen molar-refractivity contribution in [2.45, 2.75) is 43.6 Å². The van der Waals surface area contributed by atoms with Crippen LogP contribution >= 0.6 is 0 Å². The van der Waals surface area contributed by atoms with E-state index >= 15 is 0 Å². The average Bonchev–Trinajstić information content (AvgIpc) is 2.93. The Bertz CT molecular complexity index is 572. The van der Waals surface area contributed by atoms with Crippen LogP contribution in [0.4, 0.5) is 0 Å². The molecule has 0 radical (unpaired) electrons. The maximum Gasteiger partial charge on any atom is 0.360 e. The Hall–Kier alpha value is -1.41. The SMILES string of the molecule is CC(C)OC(=O)c1n[nH]c(C2CC2)c1S(N)(=O)=O. The Morgan fingerprint density at radius 2 is 2.11 bits per heavy atom. The Morgan fingerprint density at radius 3 is 2.56 bits per heavy atom. The van der Waals surface area contributed by atoms with Crippen LogP contribution in [0.1, 0.15) is 48.8 Å². The number of primary sulfonamides is 1. The maximum absolute atomic E-state index is 11.8. The third kappa shape index (κ3) is 2.54. The first kappa shape index (κ1) is 13.0.